The van der Waals surface area contributed by atoms with Gasteiger partial charge in [0, 0.05) is 12.0 Å². The van der Waals surface area contributed by atoms with Crippen molar-refractivity contribution in [1.82, 2.24) is 4.48 Å². The summed E-state index contributed by atoms with van der Waals surface area (Å²) in [6.45, 7) is 8.62. The number of benzene rings is 1. The molecule has 0 N–H and O–H groups in total. The minimum Gasteiger partial charge on any atom is -0.291 e. The van der Waals surface area contributed by atoms with Gasteiger partial charge in [0.2, 0.25) is 0 Å². The molecule has 2 rings (SSSR count). The van der Waals surface area contributed by atoms with E-state index in [1.165, 1.54) is 56.2 Å². The number of rotatable bonds is 6. The average molecular weight is 232 g/mol. The lowest BCUT2D eigenvalue weighted by Gasteiger charge is -2.34. The standard InChI is InChI=1S/C16H26N/c1-3-5-12-17(13-6-4-2)14-11-15-9-7-8-10-16(15)17/h7-10H,3-6,11-14H2,1-2H3/q+1. The number of para-hydroxylation sites is 1. The highest BCUT2D eigenvalue weighted by Crippen LogP contribution is 2.35. The summed E-state index contributed by atoms with van der Waals surface area (Å²) in [5.74, 6) is 0. The minimum absolute atomic E-state index is 1.26. The lowest BCUT2D eigenvalue weighted by atomic mass is 10.1. The van der Waals surface area contributed by atoms with Crippen LogP contribution in [0.5, 0.6) is 0 Å². The summed E-state index contributed by atoms with van der Waals surface area (Å²) in [6, 6.07) is 9.11. The van der Waals surface area contributed by atoms with Gasteiger partial charge in [-0.25, -0.2) is 0 Å². The molecule has 0 amide bonds. The first-order valence-corrected chi connectivity index (χ1v) is 7.27. The summed E-state index contributed by atoms with van der Waals surface area (Å²) < 4.78 is 1.26. The van der Waals surface area contributed by atoms with Crippen LogP contribution in [0.15, 0.2) is 24.3 Å². The zero-order chi connectivity index (χ0) is 12.1. The fourth-order valence-corrected chi connectivity index (χ4v) is 3.14. The summed E-state index contributed by atoms with van der Waals surface area (Å²) in [7, 11) is 0. The van der Waals surface area contributed by atoms with Crippen molar-refractivity contribution in [3.63, 3.8) is 0 Å². The van der Waals surface area contributed by atoms with Crippen LogP contribution in [0.1, 0.15) is 45.1 Å². The van der Waals surface area contributed by atoms with Crippen LogP contribution in [-0.2, 0) is 6.42 Å². The molecule has 0 unspecified atom stereocenters. The molecule has 1 nitrogen and oxygen atoms in total. The Morgan fingerprint density at radius 2 is 1.65 bits per heavy atom. The zero-order valence-corrected chi connectivity index (χ0v) is 11.4. The maximum absolute atomic E-state index is 2.37. The minimum atomic E-state index is 1.26. The van der Waals surface area contributed by atoms with Crippen LogP contribution in [-0.4, -0.2) is 19.6 Å². The van der Waals surface area contributed by atoms with Crippen molar-refractivity contribution in [3.8, 4) is 0 Å². The van der Waals surface area contributed by atoms with Crippen LogP contribution in [0, 0.1) is 0 Å². The van der Waals surface area contributed by atoms with Crippen molar-refractivity contribution in [2.75, 3.05) is 19.6 Å². The number of fused-ring (bicyclic) bond motifs is 1. The predicted octanol–water partition coefficient (Wildman–Crippen LogP) is 4.15. The Morgan fingerprint density at radius 1 is 1.00 bits per heavy atom. The van der Waals surface area contributed by atoms with E-state index in [1.54, 1.807) is 11.3 Å². The van der Waals surface area contributed by atoms with Crippen LogP contribution in [0.25, 0.3) is 0 Å². The van der Waals surface area contributed by atoms with Gasteiger partial charge in [0.25, 0.3) is 0 Å². The Bertz CT molecular complexity index is 348. The monoisotopic (exact) mass is 232 g/mol. The van der Waals surface area contributed by atoms with Gasteiger partial charge in [0.1, 0.15) is 5.69 Å². The van der Waals surface area contributed by atoms with Crippen molar-refractivity contribution in [2.45, 2.75) is 46.0 Å². The van der Waals surface area contributed by atoms with Crippen LogP contribution in [0.2, 0.25) is 0 Å². The van der Waals surface area contributed by atoms with Gasteiger partial charge >= 0.3 is 0 Å². The molecule has 1 heterocycles. The molecule has 0 saturated carbocycles. The Morgan fingerprint density at radius 3 is 2.29 bits per heavy atom. The first-order chi connectivity index (χ1) is 8.32. The number of nitrogens with zero attached hydrogens (tertiary/aromatic N) is 1. The van der Waals surface area contributed by atoms with Crippen LogP contribution in [0.3, 0.4) is 0 Å². The molecule has 1 heteroatoms. The Balaban J connectivity index is 2.22. The van der Waals surface area contributed by atoms with Gasteiger partial charge in [-0.05, 0) is 18.9 Å². The van der Waals surface area contributed by atoms with Crippen molar-refractivity contribution >= 4 is 5.69 Å². The molecule has 0 fully saturated rings. The third-order valence-corrected chi connectivity index (χ3v) is 4.19. The topological polar surface area (TPSA) is 0 Å². The third-order valence-electron chi connectivity index (χ3n) is 4.19. The second-order valence-electron chi connectivity index (χ2n) is 5.40. The largest absolute Gasteiger partial charge is 0.291 e. The van der Waals surface area contributed by atoms with E-state index < -0.39 is 0 Å². The summed E-state index contributed by atoms with van der Waals surface area (Å²) in [5.41, 5.74) is 3.22. The number of hydrogen-bond donors (Lipinski definition) is 0. The summed E-state index contributed by atoms with van der Waals surface area (Å²) >= 11 is 0. The van der Waals surface area contributed by atoms with E-state index in [4.69, 9.17) is 0 Å². The molecule has 0 bridgehead atoms. The van der Waals surface area contributed by atoms with Gasteiger partial charge in [-0.1, -0.05) is 44.9 Å². The Labute approximate surface area is 106 Å². The lowest BCUT2D eigenvalue weighted by molar-refractivity contribution is 0.285. The Kier molecular flexibility index (Phi) is 4.22. The molecule has 0 radical (unpaired) electrons. The first-order valence-electron chi connectivity index (χ1n) is 7.27. The summed E-state index contributed by atoms with van der Waals surface area (Å²) in [6.07, 6.45) is 6.63. The number of unbranched alkanes of at least 4 members (excludes halogenated alkanes) is 2. The molecule has 0 atom stereocenters. The lowest BCUT2D eigenvalue weighted by Crippen LogP contribution is -2.49. The second-order valence-corrected chi connectivity index (χ2v) is 5.40. The molecular formula is C16H26N+. The molecule has 1 aliphatic heterocycles. The van der Waals surface area contributed by atoms with E-state index in [1.807, 2.05) is 0 Å². The molecule has 94 valence electrons. The van der Waals surface area contributed by atoms with Crippen molar-refractivity contribution in [3.05, 3.63) is 29.8 Å². The molecule has 17 heavy (non-hydrogen) atoms. The highest BCUT2D eigenvalue weighted by Gasteiger charge is 2.36. The molecule has 0 aliphatic carbocycles. The molecular weight excluding hydrogens is 206 g/mol. The van der Waals surface area contributed by atoms with Crippen molar-refractivity contribution < 1.29 is 0 Å². The van der Waals surface area contributed by atoms with Gasteiger partial charge in [-0.15, -0.1) is 0 Å². The molecule has 1 aliphatic rings. The van der Waals surface area contributed by atoms with Crippen LogP contribution in [0.4, 0.5) is 5.69 Å². The highest BCUT2D eigenvalue weighted by atomic mass is 15.4. The highest BCUT2D eigenvalue weighted by molar-refractivity contribution is 5.54. The average Bonchev–Trinajstić information content (AvgIpc) is 2.74. The molecule has 0 aromatic heterocycles. The SMILES string of the molecule is CCCC[N+]1(CCCC)CCc2ccccc21. The fraction of sp³-hybridized carbons (Fsp3) is 0.625. The maximum atomic E-state index is 2.37. The van der Waals surface area contributed by atoms with Gasteiger partial charge in [-0.2, -0.15) is 0 Å². The number of quaternary nitrogens is 1. The third kappa shape index (κ3) is 2.55. The normalized spacial score (nSPS) is 17.1. The van der Waals surface area contributed by atoms with Gasteiger partial charge in [-0.3, -0.25) is 4.48 Å². The van der Waals surface area contributed by atoms with E-state index in [-0.39, 0.29) is 0 Å². The fourth-order valence-electron chi connectivity index (χ4n) is 3.14. The Hall–Kier alpha value is -0.820. The second kappa shape index (κ2) is 5.68. The van der Waals surface area contributed by atoms with E-state index in [0.29, 0.717) is 0 Å². The predicted molar refractivity (Wildman–Crippen MR) is 76.4 cm³/mol. The molecule has 0 saturated heterocycles. The summed E-state index contributed by atoms with van der Waals surface area (Å²) in [5, 5.41) is 0. The molecule has 1 aromatic rings. The van der Waals surface area contributed by atoms with Gasteiger partial charge in [0.15, 0.2) is 0 Å². The van der Waals surface area contributed by atoms with Crippen molar-refractivity contribution in [2.24, 2.45) is 0 Å². The van der Waals surface area contributed by atoms with E-state index >= 15 is 0 Å². The van der Waals surface area contributed by atoms with Crippen LogP contribution < -0.4 is 4.48 Å². The van der Waals surface area contributed by atoms with Gasteiger partial charge in [0.05, 0.1) is 19.6 Å². The number of hydrogen-bond acceptors (Lipinski definition) is 0. The first kappa shape index (κ1) is 12.6. The molecule has 0 spiro atoms. The maximum Gasteiger partial charge on any atom is 0.136 e. The van der Waals surface area contributed by atoms with Gasteiger partial charge < -0.3 is 0 Å². The van der Waals surface area contributed by atoms with E-state index in [0.717, 1.165) is 0 Å². The van der Waals surface area contributed by atoms with Crippen molar-refractivity contribution in [1.29, 1.82) is 0 Å². The summed E-state index contributed by atoms with van der Waals surface area (Å²) in [4.78, 5) is 0. The molecule has 1 aromatic carbocycles. The van der Waals surface area contributed by atoms with Crippen LogP contribution >= 0.6 is 0 Å². The van der Waals surface area contributed by atoms with E-state index in [2.05, 4.69) is 38.1 Å². The zero-order valence-electron chi connectivity index (χ0n) is 11.4. The smallest absolute Gasteiger partial charge is 0.136 e. The quantitative estimate of drug-likeness (QED) is 0.646. The van der Waals surface area contributed by atoms with E-state index in [9.17, 15) is 0 Å².